The molecule has 0 aliphatic heterocycles. The number of rotatable bonds is 4. The van der Waals surface area contributed by atoms with Crippen molar-refractivity contribution < 1.29 is 9.32 Å². The van der Waals surface area contributed by atoms with Gasteiger partial charge in [0, 0.05) is 13.0 Å². The molecule has 0 bridgehead atoms. The highest BCUT2D eigenvalue weighted by Gasteiger charge is 2.09. The Kier molecular flexibility index (Phi) is 3.33. The number of anilines is 1. The SMILES string of the molecule is CC(=O)c1cc(CSc2ncnc(N)n2)on1. The van der Waals surface area contributed by atoms with Crippen LogP contribution in [0.15, 0.2) is 22.1 Å². The van der Waals surface area contributed by atoms with Gasteiger partial charge in [0.15, 0.2) is 10.9 Å². The second-order valence-electron chi connectivity index (χ2n) is 3.15. The number of aromatic nitrogens is 4. The smallest absolute Gasteiger partial charge is 0.223 e. The number of carbonyl (C=O) groups excluding carboxylic acids is 1. The van der Waals surface area contributed by atoms with Crippen LogP contribution in [0.3, 0.4) is 0 Å². The average molecular weight is 251 g/mol. The Morgan fingerprint density at radius 2 is 2.35 bits per heavy atom. The standard InChI is InChI=1S/C9H9N5O2S/c1-5(15)7-2-6(16-14-7)3-17-9-12-4-11-8(10)13-9/h2,4H,3H2,1H3,(H2,10,11,12,13). The maximum absolute atomic E-state index is 11.0. The van der Waals surface area contributed by atoms with Crippen molar-refractivity contribution in [2.75, 3.05) is 5.73 Å². The van der Waals surface area contributed by atoms with Crippen molar-refractivity contribution in [3.05, 3.63) is 23.8 Å². The lowest BCUT2D eigenvalue weighted by atomic mass is 10.3. The zero-order chi connectivity index (χ0) is 12.3. The van der Waals surface area contributed by atoms with E-state index in [4.69, 9.17) is 10.3 Å². The summed E-state index contributed by atoms with van der Waals surface area (Å²) in [6.45, 7) is 1.43. The lowest BCUT2D eigenvalue weighted by Crippen LogP contribution is -1.97. The van der Waals surface area contributed by atoms with Gasteiger partial charge in [0.05, 0.1) is 5.75 Å². The fourth-order valence-corrected chi connectivity index (χ4v) is 1.73. The molecule has 8 heteroatoms. The molecule has 0 saturated heterocycles. The molecule has 2 N–H and O–H groups in total. The van der Waals surface area contributed by atoms with Crippen molar-refractivity contribution in [2.45, 2.75) is 17.8 Å². The molecule has 0 aromatic carbocycles. The molecular formula is C9H9N5O2S. The summed E-state index contributed by atoms with van der Waals surface area (Å²) in [4.78, 5) is 22.5. The van der Waals surface area contributed by atoms with E-state index in [9.17, 15) is 4.79 Å². The van der Waals surface area contributed by atoms with E-state index < -0.39 is 0 Å². The molecule has 0 amide bonds. The number of nitrogens with two attached hydrogens (primary N) is 1. The summed E-state index contributed by atoms with van der Waals surface area (Å²) < 4.78 is 4.98. The predicted molar refractivity (Wildman–Crippen MR) is 60.3 cm³/mol. The van der Waals surface area contributed by atoms with E-state index in [1.165, 1.54) is 25.0 Å². The van der Waals surface area contributed by atoms with Crippen molar-refractivity contribution in [2.24, 2.45) is 0 Å². The van der Waals surface area contributed by atoms with Crippen LogP contribution in [0, 0.1) is 0 Å². The molecule has 0 saturated carbocycles. The third-order valence-electron chi connectivity index (χ3n) is 1.83. The number of hydrogen-bond donors (Lipinski definition) is 1. The molecule has 2 rings (SSSR count). The fourth-order valence-electron chi connectivity index (χ4n) is 1.05. The molecule has 17 heavy (non-hydrogen) atoms. The fraction of sp³-hybridized carbons (Fsp3) is 0.222. The summed E-state index contributed by atoms with van der Waals surface area (Å²) in [6, 6.07) is 1.60. The van der Waals surface area contributed by atoms with Gasteiger partial charge in [-0.3, -0.25) is 4.79 Å². The number of thioether (sulfide) groups is 1. The Morgan fingerprint density at radius 3 is 3.00 bits per heavy atom. The van der Waals surface area contributed by atoms with E-state index in [0.29, 0.717) is 22.4 Å². The molecule has 0 radical (unpaired) electrons. The van der Waals surface area contributed by atoms with Gasteiger partial charge < -0.3 is 10.3 Å². The minimum atomic E-state index is -0.130. The maximum atomic E-state index is 11.0. The van der Waals surface area contributed by atoms with Crippen LogP contribution in [-0.2, 0) is 5.75 Å². The summed E-state index contributed by atoms with van der Waals surface area (Å²) >= 11 is 1.33. The first-order chi connectivity index (χ1) is 8.15. The summed E-state index contributed by atoms with van der Waals surface area (Å²) in [7, 11) is 0. The highest BCUT2D eigenvalue weighted by atomic mass is 32.2. The Bertz CT molecular complexity index is 542. The highest BCUT2D eigenvalue weighted by molar-refractivity contribution is 7.98. The van der Waals surface area contributed by atoms with E-state index in [0.717, 1.165) is 0 Å². The van der Waals surface area contributed by atoms with Gasteiger partial charge in [-0.1, -0.05) is 16.9 Å². The zero-order valence-electron chi connectivity index (χ0n) is 8.95. The molecule has 0 aliphatic carbocycles. The Hall–Kier alpha value is -1.96. The first-order valence-electron chi connectivity index (χ1n) is 4.69. The van der Waals surface area contributed by atoms with E-state index in [2.05, 4.69) is 20.1 Å². The first kappa shape index (κ1) is 11.5. The molecule has 2 heterocycles. The molecular weight excluding hydrogens is 242 g/mol. The molecule has 0 atom stereocenters. The quantitative estimate of drug-likeness (QED) is 0.631. The van der Waals surface area contributed by atoms with E-state index in [1.54, 1.807) is 6.07 Å². The number of nitrogens with zero attached hydrogens (tertiary/aromatic N) is 4. The van der Waals surface area contributed by atoms with Gasteiger partial charge in [-0.05, 0) is 0 Å². The molecule has 2 aromatic rings. The number of nitrogen functional groups attached to an aromatic ring is 1. The molecule has 2 aromatic heterocycles. The van der Waals surface area contributed by atoms with Crippen LogP contribution >= 0.6 is 11.8 Å². The second-order valence-corrected chi connectivity index (χ2v) is 4.09. The molecule has 88 valence electrons. The van der Waals surface area contributed by atoms with Gasteiger partial charge in [0.25, 0.3) is 0 Å². The summed E-state index contributed by atoms with van der Waals surface area (Å²) in [5, 5.41) is 4.13. The van der Waals surface area contributed by atoms with E-state index in [-0.39, 0.29) is 11.7 Å². The Balaban J connectivity index is 2.00. The van der Waals surface area contributed by atoms with Crippen LogP contribution in [-0.4, -0.2) is 25.9 Å². The largest absolute Gasteiger partial charge is 0.368 e. The lowest BCUT2D eigenvalue weighted by Gasteiger charge is -1.96. The maximum Gasteiger partial charge on any atom is 0.223 e. The monoisotopic (exact) mass is 251 g/mol. The van der Waals surface area contributed by atoms with Crippen LogP contribution in [0.4, 0.5) is 5.95 Å². The van der Waals surface area contributed by atoms with Crippen LogP contribution in [0.2, 0.25) is 0 Å². The Morgan fingerprint density at radius 1 is 1.53 bits per heavy atom. The van der Waals surface area contributed by atoms with Crippen LogP contribution in [0.25, 0.3) is 0 Å². The number of hydrogen-bond acceptors (Lipinski definition) is 8. The predicted octanol–water partition coefficient (Wildman–Crippen LogP) is 0.937. The van der Waals surface area contributed by atoms with E-state index >= 15 is 0 Å². The van der Waals surface area contributed by atoms with Crippen molar-refractivity contribution in [3.63, 3.8) is 0 Å². The Labute approximate surface area is 101 Å². The van der Waals surface area contributed by atoms with Gasteiger partial charge in [-0.25, -0.2) is 9.97 Å². The van der Waals surface area contributed by atoms with Gasteiger partial charge >= 0.3 is 0 Å². The molecule has 0 unspecified atom stereocenters. The van der Waals surface area contributed by atoms with Gasteiger partial charge in [0.1, 0.15) is 17.8 Å². The normalized spacial score (nSPS) is 10.4. The summed E-state index contributed by atoms with van der Waals surface area (Å²) in [5.41, 5.74) is 5.73. The van der Waals surface area contributed by atoms with Gasteiger partial charge in [-0.15, -0.1) is 0 Å². The first-order valence-corrected chi connectivity index (χ1v) is 5.67. The lowest BCUT2D eigenvalue weighted by molar-refractivity contribution is 0.100. The second kappa shape index (κ2) is 4.91. The minimum Gasteiger partial charge on any atom is -0.368 e. The van der Waals surface area contributed by atoms with Gasteiger partial charge in [0.2, 0.25) is 5.95 Å². The van der Waals surface area contributed by atoms with Crippen molar-refractivity contribution in [1.82, 2.24) is 20.1 Å². The van der Waals surface area contributed by atoms with Crippen LogP contribution < -0.4 is 5.73 Å². The molecule has 0 spiro atoms. The van der Waals surface area contributed by atoms with Crippen molar-refractivity contribution in [1.29, 1.82) is 0 Å². The minimum absolute atomic E-state index is 0.130. The zero-order valence-corrected chi connectivity index (χ0v) is 9.77. The van der Waals surface area contributed by atoms with Crippen molar-refractivity contribution >= 4 is 23.5 Å². The molecule has 0 aliphatic rings. The molecule has 0 fully saturated rings. The van der Waals surface area contributed by atoms with Crippen LogP contribution in [0.5, 0.6) is 0 Å². The third kappa shape index (κ3) is 3.00. The van der Waals surface area contributed by atoms with Crippen molar-refractivity contribution in [3.8, 4) is 0 Å². The molecule has 7 nitrogen and oxygen atoms in total. The number of ketones is 1. The number of carbonyl (C=O) groups is 1. The van der Waals surface area contributed by atoms with Crippen LogP contribution in [0.1, 0.15) is 23.2 Å². The van der Waals surface area contributed by atoms with E-state index in [1.807, 2.05) is 0 Å². The number of Topliss-reactive ketones (excluding diaryl/α,β-unsaturated/α-hetero) is 1. The third-order valence-corrected chi connectivity index (χ3v) is 2.72. The average Bonchev–Trinajstić information content (AvgIpc) is 2.75. The van der Waals surface area contributed by atoms with Gasteiger partial charge in [-0.2, -0.15) is 4.98 Å². The summed E-state index contributed by atoms with van der Waals surface area (Å²) in [6.07, 6.45) is 1.34. The summed E-state index contributed by atoms with van der Waals surface area (Å²) in [5.74, 6) is 1.10. The topological polar surface area (TPSA) is 108 Å². The highest BCUT2D eigenvalue weighted by Crippen LogP contribution is 2.19.